The third-order valence-electron chi connectivity index (χ3n) is 5.29. The summed E-state index contributed by atoms with van der Waals surface area (Å²) in [5.74, 6) is 0.674. The van der Waals surface area contributed by atoms with Crippen LogP contribution in [0, 0.1) is 6.92 Å². The van der Waals surface area contributed by atoms with Crippen molar-refractivity contribution in [2.45, 2.75) is 18.2 Å². The molecule has 0 aliphatic carbocycles. The van der Waals surface area contributed by atoms with Crippen molar-refractivity contribution in [2.75, 3.05) is 31.6 Å². The van der Waals surface area contributed by atoms with Crippen LogP contribution in [0.1, 0.15) is 11.1 Å². The van der Waals surface area contributed by atoms with Gasteiger partial charge in [-0.1, -0.05) is 48.0 Å². The summed E-state index contributed by atoms with van der Waals surface area (Å²) >= 11 is 0. The number of hydrogen-bond donors (Lipinski definition) is 1. The molecule has 0 saturated carbocycles. The van der Waals surface area contributed by atoms with Gasteiger partial charge in [-0.05, 0) is 42.8 Å². The molecule has 8 heteroatoms. The molecule has 0 aromatic heterocycles. The second kappa shape index (κ2) is 10.2. The third kappa shape index (κ3) is 5.78. The molecule has 0 radical (unpaired) electrons. The number of rotatable bonds is 7. The van der Waals surface area contributed by atoms with Crippen LogP contribution in [0.3, 0.4) is 0 Å². The lowest BCUT2D eigenvalue weighted by Crippen LogP contribution is -2.40. The maximum Gasteiger partial charge on any atom is 0.243 e. The Labute approximate surface area is 194 Å². The summed E-state index contributed by atoms with van der Waals surface area (Å²) in [4.78, 5) is 12.9. The van der Waals surface area contributed by atoms with E-state index in [1.165, 1.54) is 16.4 Å². The molecule has 1 heterocycles. The Morgan fingerprint density at radius 2 is 1.70 bits per heavy atom. The number of nitrogens with zero attached hydrogens (tertiary/aromatic N) is 1. The first-order valence-electron chi connectivity index (χ1n) is 10.7. The van der Waals surface area contributed by atoms with Crippen molar-refractivity contribution < 1.29 is 22.7 Å². The Hall–Kier alpha value is -3.20. The molecule has 3 aromatic carbocycles. The molecule has 3 aromatic rings. The van der Waals surface area contributed by atoms with Gasteiger partial charge in [-0.2, -0.15) is 4.31 Å². The van der Waals surface area contributed by atoms with Crippen LogP contribution in [-0.4, -0.2) is 44.9 Å². The number of anilines is 1. The standard InChI is InChI=1S/C25H26N2O5S/c1-19-7-9-20(10-8-19)17-25(28)26-23-18-22(33(29,30)27-13-15-31-16-14-27)11-12-24(23)32-21-5-3-2-4-6-21/h2-12,18H,13-17H2,1H3,(H,26,28). The molecule has 1 saturated heterocycles. The summed E-state index contributed by atoms with van der Waals surface area (Å²) in [6.07, 6.45) is 0.158. The van der Waals surface area contributed by atoms with Crippen molar-refractivity contribution in [1.29, 1.82) is 0 Å². The number of aryl methyl sites for hydroxylation is 1. The summed E-state index contributed by atoms with van der Waals surface area (Å²) < 4.78 is 38.9. The van der Waals surface area contributed by atoms with Crippen LogP contribution < -0.4 is 10.1 Å². The lowest BCUT2D eigenvalue weighted by molar-refractivity contribution is -0.115. The van der Waals surface area contributed by atoms with E-state index in [0.717, 1.165) is 11.1 Å². The first-order valence-corrected chi connectivity index (χ1v) is 12.2. The van der Waals surface area contributed by atoms with E-state index in [-0.39, 0.29) is 17.2 Å². The molecule has 0 spiro atoms. The van der Waals surface area contributed by atoms with Gasteiger partial charge in [-0.25, -0.2) is 8.42 Å². The predicted molar refractivity (Wildman–Crippen MR) is 126 cm³/mol. The summed E-state index contributed by atoms with van der Waals surface area (Å²) in [6.45, 7) is 3.28. The predicted octanol–water partition coefficient (Wildman–Crippen LogP) is 3.99. The molecule has 1 amide bonds. The van der Waals surface area contributed by atoms with E-state index in [2.05, 4.69) is 5.32 Å². The Morgan fingerprint density at radius 3 is 2.39 bits per heavy atom. The second-order valence-corrected chi connectivity index (χ2v) is 9.74. The Morgan fingerprint density at radius 1 is 1.00 bits per heavy atom. The number of carbonyl (C=O) groups excluding carboxylic acids is 1. The Balaban J connectivity index is 1.62. The van der Waals surface area contributed by atoms with Crippen molar-refractivity contribution in [2.24, 2.45) is 0 Å². The number of ether oxygens (including phenoxy) is 2. The van der Waals surface area contributed by atoms with Crippen molar-refractivity contribution in [1.82, 2.24) is 4.31 Å². The zero-order chi connectivity index (χ0) is 23.3. The molecule has 172 valence electrons. The van der Waals surface area contributed by atoms with Crippen LogP contribution in [0.4, 0.5) is 5.69 Å². The number of sulfonamides is 1. The van der Waals surface area contributed by atoms with E-state index in [1.807, 2.05) is 49.4 Å². The molecule has 1 aliphatic heterocycles. The molecule has 0 atom stereocenters. The summed E-state index contributed by atoms with van der Waals surface area (Å²) in [6, 6.07) is 21.3. The summed E-state index contributed by atoms with van der Waals surface area (Å²) in [5, 5.41) is 2.84. The number of nitrogens with one attached hydrogen (secondary N) is 1. The molecule has 4 rings (SSSR count). The number of carbonyl (C=O) groups is 1. The van der Waals surface area contributed by atoms with Crippen molar-refractivity contribution >= 4 is 21.6 Å². The first kappa shape index (κ1) is 23.0. The highest BCUT2D eigenvalue weighted by Gasteiger charge is 2.27. The molecule has 1 N–H and O–H groups in total. The maximum absolute atomic E-state index is 13.1. The molecule has 1 fully saturated rings. The van der Waals surface area contributed by atoms with E-state index in [9.17, 15) is 13.2 Å². The van der Waals surface area contributed by atoms with E-state index < -0.39 is 10.0 Å². The minimum atomic E-state index is -3.73. The van der Waals surface area contributed by atoms with Gasteiger partial charge in [0, 0.05) is 13.1 Å². The monoisotopic (exact) mass is 466 g/mol. The number of morpholine rings is 1. The molecular weight excluding hydrogens is 440 g/mol. The second-order valence-electron chi connectivity index (χ2n) is 7.80. The van der Waals surface area contributed by atoms with Gasteiger partial charge in [0.2, 0.25) is 15.9 Å². The molecule has 33 heavy (non-hydrogen) atoms. The molecule has 1 aliphatic rings. The Bertz CT molecular complexity index is 1210. The zero-order valence-corrected chi connectivity index (χ0v) is 19.2. The average molecular weight is 467 g/mol. The van der Waals surface area contributed by atoms with Crippen LogP contribution in [0.15, 0.2) is 77.7 Å². The Kier molecular flexibility index (Phi) is 7.08. The van der Waals surface area contributed by atoms with Crippen LogP contribution in [-0.2, 0) is 26.0 Å². The number of para-hydroxylation sites is 1. The SMILES string of the molecule is Cc1ccc(CC(=O)Nc2cc(S(=O)(=O)N3CCOCC3)ccc2Oc2ccccc2)cc1. The van der Waals surface area contributed by atoms with Gasteiger partial charge in [0.25, 0.3) is 0 Å². The molecule has 0 unspecified atom stereocenters. The normalized spacial score (nSPS) is 14.6. The molecular formula is C25H26N2O5S. The fourth-order valence-corrected chi connectivity index (χ4v) is 4.93. The molecule has 7 nitrogen and oxygen atoms in total. The third-order valence-corrected chi connectivity index (χ3v) is 7.18. The highest BCUT2D eigenvalue weighted by Crippen LogP contribution is 2.33. The highest BCUT2D eigenvalue weighted by molar-refractivity contribution is 7.89. The van der Waals surface area contributed by atoms with Crippen molar-refractivity contribution in [3.8, 4) is 11.5 Å². The summed E-state index contributed by atoms with van der Waals surface area (Å²) in [5.41, 5.74) is 2.27. The quantitative estimate of drug-likeness (QED) is 0.569. The van der Waals surface area contributed by atoms with Crippen LogP contribution >= 0.6 is 0 Å². The van der Waals surface area contributed by atoms with Gasteiger partial charge >= 0.3 is 0 Å². The fraction of sp³-hybridized carbons (Fsp3) is 0.240. The largest absolute Gasteiger partial charge is 0.455 e. The van der Waals surface area contributed by atoms with Gasteiger partial charge in [0.1, 0.15) is 5.75 Å². The van der Waals surface area contributed by atoms with Crippen molar-refractivity contribution in [3.05, 3.63) is 83.9 Å². The van der Waals surface area contributed by atoms with Gasteiger partial charge in [-0.15, -0.1) is 0 Å². The van der Waals surface area contributed by atoms with E-state index >= 15 is 0 Å². The molecule has 0 bridgehead atoms. The summed E-state index contributed by atoms with van der Waals surface area (Å²) in [7, 11) is -3.73. The smallest absolute Gasteiger partial charge is 0.243 e. The number of benzene rings is 3. The fourth-order valence-electron chi connectivity index (χ4n) is 3.49. The van der Waals surface area contributed by atoms with E-state index in [1.54, 1.807) is 18.2 Å². The zero-order valence-electron chi connectivity index (χ0n) is 18.4. The number of amides is 1. The lowest BCUT2D eigenvalue weighted by Gasteiger charge is -2.26. The van der Waals surface area contributed by atoms with Crippen LogP contribution in [0.5, 0.6) is 11.5 Å². The minimum absolute atomic E-state index is 0.0930. The van der Waals surface area contributed by atoms with Gasteiger partial charge in [-0.3, -0.25) is 4.79 Å². The highest BCUT2D eigenvalue weighted by atomic mass is 32.2. The average Bonchev–Trinajstić information content (AvgIpc) is 2.83. The topological polar surface area (TPSA) is 84.9 Å². The van der Waals surface area contributed by atoms with E-state index in [0.29, 0.717) is 43.5 Å². The number of hydrogen-bond acceptors (Lipinski definition) is 5. The maximum atomic E-state index is 13.1. The van der Waals surface area contributed by atoms with Crippen molar-refractivity contribution in [3.63, 3.8) is 0 Å². The van der Waals surface area contributed by atoms with Gasteiger partial charge in [0.15, 0.2) is 5.75 Å². The minimum Gasteiger partial charge on any atom is -0.455 e. The van der Waals surface area contributed by atoms with Gasteiger partial charge in [0.05, 0.1) is 30.2 Å². The van der Waals surface area contributed by atoms with E-state index in [4.69, 9.17) is 9.47 Å². The van der Waals surface area contributed by atoms with Crippen LogP contribution in [0.25, 0.3) is 0 Å². The van der Waals surface area contributed by atoms with Gasteiger partial charge < -0.3 is 14.8 Å². The lowest BCUT2D eigenvalue weighted by atomic mass is 10.1. The first-order chi connectivity index (χ1) is 15.9. The van der Waals surface area contributed by atoms with Crippen LogP contribution in [0.2, 0.25) is 0 Å².